The Labute approximate surface area is 75.0 Å². The molecule has 0 heterocycles. The van der Waals surface area contributed by atoms with Gasteiger partial charge in [-0.25, -0.2) is 4.39 Å². The Morgan fingerprint density at radius 3 is 2.77 bits per heavy atom. The molecule has 4 heteroatoms. The molecule has 0 spiro atoms. The second kappa shape index (κ2) is 3.87. The quantitative estimate of drug-likeness (QED) is 0.745. The van der Waals surface area contributed by atoms with Crippen LogP contribution in [0.2, 0.25) is 0 Å². The van der Waals surface area contributed by atoms with Gasteiger partial charge in [0.15, 0.2) is 11.6 Å². The van der Waals surface area contributed by atoms with Gasteiger partial charge in [0.1, 0.15) is 0 Å². The number of benzene rings is 1. The predicted octanol–water partition coefficient (Wildman–Crippen LogP) is 1.20. The smallest absolute Gasteiger partial charge is 0.166 e. The summed E-state index contributed by atoms with van der Waals surface area (Å²) in [5.41, 5.74) is 0.446. The topological polar surface area (TPSA) is 53.2 Å². The van der Waals surface area contributed by atoms with Crippen LogP contribution >= 0.6 is 0 Å². The van der Waals surface area contributed by atoms with Crippen LogP contribution in [0.25, 0.3) is 0 Å². The number of aliphatic hydroxyl groups excluding tert-OH is 1. The van der Waals surface area contributed by atoms with Crippen LogP contribution in [0.15, 0.2) is 12.1 Å². The van der Waals surface area contributed by atoms with Crippen molar-refractivity contribution in [3.63, 3.8) is 0 Å². The number of methoxy groups -OCH3 is 1. The molecule has 0 aliphatic carbocycles. The first-order chi connectivity index (χ1) is 6.22. The number of ether oxygens (including phenoxy) is 1. The maximum atomic E-state index is 13.1. The minimum absolute atomic E-state index is 0.0125. The van der Waals surface area contributed by atoms with Crippen molar-refractivity contribution in [1.29, 1.82) is 5.26 Å². The second-order valence-corrected chi connectivity index (χ2v) is 2.42. The minimum Gasteiger partial charge on any atom is -0.493 e. The van der Waals surface area contributed by atoms with Gasteiger partial charge in [-0.15, -0.1) is 0 Å². The first kappa shape index (κ1) is 9.49. The van der Waals surface area contributed by atoms with Crippen molar-refractivity contribution < 1.29 is 14.2 Å². The van der Waals surface area contributed by atoms with Crippen LogP contribution in [0.4, 0.5) is 4.39 Å². The number of aliphatic hydroxyl groups is 1. The van der Waals surface area contributed by atoms with E-state index in [1.807, 2.05) is 0 Å². The Kier molecular flexibility index (Phi) is 2.83. The summed E-state index contributed by atoms with van der Waals surface area (Å²) in [7, 11) is 1.31. The van der Waals surface area contributed by atoms with E-state index < -0.39 is 5.82 Å². The molecule has 0 bridgehead atoms. The number of rotatable bonds is 2. The van der Waals surface area contributed by atoms with Gasteiger partial charge < -0.3 is 9.84 Å². The van der Waals surface area contributed by atoms with Crippen molar-refractivity contribution in [3.8, 4) is 11.8 Å². The number of halogens is 1. The molecule has 3 nitrogen and oxygen atoms in total. The molecular weight excluding hydrogens is 173 g/mol. The Hall–Kier alpha value is -1.60. The fourth-order valence-electron chi connectivity index (χ4n) is 1.06. The molecule has 1 aromatic rings. The van der Waals surface area contributed by atoms with Gasteiger partial charge in [0.2, 0.25) is 0 Å². The zero-order valence-electron chi connectivity index (χ0n) is 7.04. The Balaban J connectivity index is 3.31. The molecule has 0 aromatic heterocycles. The van der Waals surface area contributed by atoms with Crippen molar-refractivity contribution in [2.45, 2.75) is 6.61 Å². The zero-order valence-corrected chi connectivity index (χ0v) is 7.04. The zero-order chi connectivity index (χ0) is 9.84. The SMILES string of the molecule is COc1c(F)cc(C#N)cc1CO. The van der Waals surface area contributed by atoms with Gasteiger partial charge >= 0.3 is 0 Å². The number of hydrogen-bond acceptors (Lipinski definition) is 3. The van der Waals surface area contributed by atoms with E-state index in [0.29, 0.717) is 0 Å². The third-order valence-electron chi connectivity index (χ3n) is 1.62. The van der Waals surface area contributed by atoms with Gasteiger partial charge in [-0.3, -0.25) is 0 Å². The lowest BCUT2D eigenvalue weighted by Crippen LogP contribution is -1.96. The van der Waals surface area contributed by atoms with E-state index in [0.717, 1.165) is 6.07 Å². The van der Waals surface area contributed by atoms with Crippen LogP contribution < -0.4 is 4.74 Å². The predicted molar refractivity (Wildman–Crippen MR) is 43.6 cm³/mol. The molecule has 0 radical (unpaired) electrons. The lowest BCUT2D eigenvalue weighted by atomic mass is 10.1. The van der Waals surface area contributed by atoms with Crippen LogP contribution in [0.5, 0.6) is 5.75 Å². The fraction of sp³-hybridized carbons (Fsp3) is 0.222. The average molecular weight is 181 g/mol. The van der Waals surface area contributed by atoms with Gasteiger partial charge in [0, 0.05) is 5.56 Å². The summed E-state index contributed by atoms with van der Waals surface area (Å²) >= 11 is 0. The molecule has 1 rings (SSSR count). The van der Waals surface area contributed by atoms with Crippen LogP contribution in [-0.4, -0.2) is 12.2 Å². The molecule has 0 fully saturated rings. The maximum absolute atomic E-state index is 13.1. The van der Waals surface area contributed by atoms with Crippen LogP contribution in [0.3, 0.4) is 0 Å². The number of nitriles is 1. The highest BCUT2D eigenvalue weighted by Crippen LogP contribution is 2.23. The molecule has 0 saturated heterocycles. The lowest BCUT2D eigenvalue weighted by Gasteiger charge is -2.06. The number of nitrogens with zero attached hydrogens (tertiary/aromatic N) is 1. The van der Waals surface area contributed by atoms with Crippen molar-refractivity contribution in [2.24, 2.45) is 0 Å². The largest absolute Gasteiger partial charge is 0.493 e. The van der Waals surface area contributed by atoms with Crippen LogP contribution in [0.1, 0.15) is 11.1 Å². The third kappa shape index (κ3) is 1.76. The summed E-state index contributed by atoms with van der Waals surface area (Å²) in [5.74, 6) is -0.646. The summed E-state index contributed by atoms with van der Waals surface area (Å²) in [6.07, 6.45) is 0. The average Bonchev–Trinajstić information content (AvgIpc) is 2.16. The van der Waals surface area contributed by atoms with E-state index >= 15 is 0 Å². The van der Waals surface area contributed by atoms with E-state index in [4.69, 9.17) is 15.1 Å². The Bertz CT molecular complexity index is 357. The van der Waals surface area contributed by atoms with E-state index in [-0.39, 0.29) is 23.5 Å². The third-order valence-corrected chi connectivity index (χ3v) is 1.62. The summed E-state index contributed by atoms with van der Waals surface area (Å²) in [5, 5.41) is 17.3. The Morgan fingerprint density at radius 1 is 1.62 bits per heavy atom. The van der Waals surface area contributed by atoms with Gasteiger partial charge in [-0.05, 0) is 12.1 Å². The maximum Gasteiger partial charge on any atom is 0.166 e. The molecule has 1 aromatic carbocycles. The summed E-state index contributed by atoms with van der Waals surface area (Å²) < 4.78 is 17.8. The molecule has 0 aliphatic heterocycles. The first-order valence-corrected chi connectivity index (χ1v) is 3.60. The summed E-state index contributed by atoms with van der Waals surface area (Å²) in [4.78, 5) is 0. The highest BCUT2D eigenvalue weighted by molar-refractivity contribution is 5.42. The van der Waals surface area contributed by atoms with E-state index in [1.165, 1.54) is 13.2 Å². The summed E-state index contributed by atoms with van der Waals surface area (Å²) in [6, 6.07) is 4.25. The monoisotopic (exact) mass is 181 g/mol. The van der Waals surface area contributed by atoms with Crippen LogP contribution in [0, 0.1) is 17.1 Å². The molecule has 0 amide bonds. The second-order valence-electron chi connectivity index (χ2n) is 2.42. The molecule has 0 atom stereocenters. The van der Waals surface area contributed by atoms with E-state index in [1.54, 1.807) is 6.07 Å². The van der Waals surface area contributed by atoms with Gasteiger partial charge in [-0.1, -0.05) is 0 Å². The van der Waals surface area contributed by atoms with Crippen molar-refractivity contribution in [2.75, 3.05) is 7.11 Å². The van der Waals surface area contributed by atoms with Gasteiger partial charge in [0.05, 0.1) is 25.3 Å². The fourth-order valence-corrected chi connectivity index (χ4v) is 1.06. The van der Waals surface area contributed by atoms with E-state index in [2.05, 4.69) is 0 Å². The van der Waals surface area contributed by atoms with Crippen molar-refractivity contribution >= 4 is 0 Å². The lowest BCUT2D eigenvalue weighted by molar-refractivity contribution is 0.271. The molecule has 0 saturated carbocycles. The Morgan fingerprint density at radius 2 is 2.31 bits per heavy atom. The molecule has 13 heavy (non-hydrogen) atoms. The van der Waals surface area contributed by atoms with E-state index in [9.17, 15) is 4.39 Å². The molecule has 68 valence electrons. The van der Waals surface area contributed by atoms with Crippen LogP contribution in [-0.2, 0) is 6.61 Å². The van der Waals surface area contributed by atoms with Crippen molar-refractivity contribution in [3.05, 3.63) is 29.1 Å². The number of hydrogen-bond donors (Lipinski definition) is 1. The minimum atomic E-state index is -0.634. The summed E-state index contributed by atoms with van der Waals surface area (Å²) in [6.45, 7) is -0.352. The molecule has 0 unspecified atom stereocenters. The van der Waals surface area contributed by atoms with Crippen molar-refractivity contribution in [1.82, 2.24) is 0 Å². The molecule has 0 aliphatic rings. The highest BCUT2D eigenvalue weighted by Gasteiger charge is 2.10. The van der Waals surface area contributed by atoms with Gasteiger partial charge in [0.25, 0.3) is 0 Å². The highest BCUT2D eigenvalue weighted by atomic mass is 19.1. The molecule has 1 N–H and O–H groups in total. The molecular formula is C9H8FNO2. The van der Waals surface area contributed by atoms with Gasteiger partial charge in [-0.2, -0.15) is 5.26 Å². The normalized spacial score (nSPS) is 9.38. The standard InChI is InChI=1S/C9H8FNO2/c1-13-9-7(5-12)2-6(4-11)3-8(9)10/h2-3,12H,5H2,1H3. The first-order valence-electron chi connectivity index (χ1n) is 3.60.